The van der Waals surface area contributed by atoms with Crippen LogP contribution >= 0.6 is 0 Å². The first-order chi connectivity index (χ1) is 12.2. The largest absolute Gasteiger partial charge is 0.493 e. The number of halogens is 1. The maximum Gasteiger partial charge on any atom is 0.220 e. The van der Waals surface area contributed by atoms with Crippen LogP contribution in [0.15, 0.2) is 66.7 Å². The molecule has 3 aromatic rings. The van der Waals surface area contributed by atoms with Crippen LogP contribution in [0.25, 0.3) is 10.8 Å². The number of carbonyl (C=O) groups is 1. The van der Waals surface area contributed by atoms with Gasteiger partial charge in [-0.3, -0.25) is 4.79 Å². The molecule has 0 atom stereocenters. The van der Waals surface area contributed by atoms with E-state index in [1.807, 2.05) is 42.5 Å². The van der Waals surface area contributed by atoms with Crippen molar-refractivity contribution in [3.05, 3.63) is 78.1 Å². The number of nitrogens with one attached hydrogen (secondary N) is 1. The molecule has 4 heteroatoms. The zero-order valence-corrected chi connectivity index (χ0v) is 13.9. The van der Waals surface area contributed by atoms with Crippen LogP contribution < -0.4 is 10.1 Å². The van der Waals surface area contributed by atoms with Gasteiger partial charge < -0.3 is 10.1 Å². The van der Waals surface area contributed by atoms with E-state index in [0.717, 1.165) is 16.5 Å². The van der Waals surface area contributed by atoms with Crippen molar-refractivity contribution < 1.29 is 13.9 Å². The number of hydrogen-bond donors (Lipinski definition) is 1. The second-order valence-electron chi connectivity index (χ2n) is 5.80. The van der Waals surface area contributed by atoms with Gasteiger partial charge >= 0.3 is 0 Å². The summed E-state index contributed by atoms with van der Waals surface area (Å²) < 4.78 is 19.3. The van der Waals surface area contributed by atoms with Crippen molar-refractivity contribution in [1.82, 2.24) is 5.32 Å². The average Bonchev–Trinajstić information content (AvgIpc) is 2.64. The summed E-state index contributed by atoms with van der Waals surface area (Å²) >= 11 is 0. The first kappa shape index (κ1) is 17.0. The highest BCUT2D eigenvalue weighted by molar-refractivity contribution is 5.88. The number of ether oxygens (including phenoxy) is 1. The van der Waals surface area contributed by atoms with Crippen LogP contribution in [0, 0.1) is 5.82 Å². The molecule has 25 heavy (non-hydrogen) atoms. The third kappa shape index (κ3) is 4.57. The Kier molecular flexibility index (Phi) is 5.62. The van der Waals surface area contributed by atoms with Gasteiger partial charge in [-0.2, -0.15) is 0 Å². The number of rotatable bonds is 7. The Bertz CT molecular complexity index is 858. The van der Waals surface area contributed by atoms with Crippen LogP contribution in [-0.4, -0.2) is 12.5 Å². The lowest BCUT2D eigenvalue weighted by atomic mass is 10.1. The van der Waals surface area contributed by atoms with E-state index in [2.05, 4.69) is 5.32 Å². The van der Waals surface area contributed by atoms with E-state index in [-0.39, 0.29) is 18.3 Å². The van der Waals surface area contributed by atoms with Gasteiger partial charge in [0.05, 0.1) is 6.61 Å². The van der Waals surface area contributed by atoms with Crippen LogP contribution in [0.3, 0.4) is 0 Å². The fourth-order valence-corrected chi connectivity index (χ4v) is 2.66. The predicted octanol–water partition coefficient (Wildman–Crippen LogP) is 4.45. The molecule has 3 rings (SSSR count). The fourth-order valence-electron chi connectivity index (χ4n) is 2.66. The quantitative estimate of drug-likeness (QED) is 0.647. The second kappa shape index (κ2) is 8.29. The van der Waals surface area contributed by atoms with Crippen molar-refractivity contribution in [2.45, 2.75) is 19.4 Å². The van der Waals surface area contributed by atoms with Gasteiger partial charge in [0.15, 0.2) is 0 Å². The van der Waals surface area contributed by atoms with Crippen molar-refractivity contribution in [2.24, 2.45) is 0 Å². The van der Waals surface area contributed by atoms with E-state index in [1.54, 1.807) is 18.2 Å². The highest BCUT2D eigenvalue weighted by atomic mass is 19.1. The van der Waals surface area contributed by atoms with Gasteiger partial charge in [-0.1, -0.05) is 54.6 Å². The van der Waals surface area contributed by atoms with Gasteiger partial charge in [-0.25, -0.2) is 4.39 Å². The molecule has 0 radical (unpaired) electrons. The molecule has 1 amide bonds. The molecule has 0 aliphatic carbocycles. The first-order valence-electron chi connectivity index (χ1n) is 8.35. The van der Waals surface area contributed by atoms with Gasteiger partial charge in [-0.05, 0) is 23.9 Å². The Balaban J connectivity index is 1.43. The van der Waals surface area contributed by atoms with E-state index in [9.17, 15) is 9.18 Å². The number of carbonyl (C=O) groups excluding carboxylic acids is 1. The van der Waals surface area contributed by atoms with Crippen molar-refractivity contribution >= 4 is 16.7 Å². The molecule has 0 unspecified atom stereocenters. The monoisotopic (exact) mass is 337 g/mol. The topological polar surface area (TPSA) is 38.3 Å². The standard InChI is InChI=1S/C21H20FNO2/c22-19-11-4-2-8-17(19)15-23-21(24)13-6-14-25-20-12-5-9-16-7-1-3-10-18(16)20/h1-5,7-12H,6,13-15H2,(H,23,24). The Morgan fingerprint density at radius 1 is 0.960 bits per heavy atom. The minimum Gasteiger partial charge on any atom is -0.493 e. The summed E-state index contributed by atoms with van der Waals surface area (Å²) in [5.41, 5.74) is 0.489. The summed E-state index contributed by atoms with van der Waals surface area (Å²) in [6, 6.07) is 20.4. The Morgan fingerprint density at radius 3 is 2.60 bits per heavy atom. The van der Waals surface area contributed by atoms with E-state index in [4.69, 9.17) is 4.74 Å². The second-order valence-corrected chi connectivity index (χ2v) is 5.80. The molecule has 3 nitrogen and oxygen atoms in total. The molecule has 0 aliphatic heterocycles. The molecule has 128 valence electrons. The maximum atomic E-state index is 13.5. The van der Waals surface area contributed by atoms with E-state index < -0.39 is 0 Å². The van der Waals surface area contributed by atoms with E-state index in [1.165, 1.54) is 6.07 Å². The summed E-state index contributed by atoms with van der Waals surface area (Å²) in [6.07, 6.45) is 0.950. The highest BCUT2D eigenvalue weighted by Crippen LogP contribution is 2.25. The van der Waals surface area contributed by atoms with E-state index in [0.29, 0.717) is 25.0 Å². The summed E-state index contributed by atoms with van der Waals surface area (Å²) in [6.45, 7) is 0.664. The van der Waals surface area contributed by atoms with Crippen LogP contribution in [-0.2, 0) is 11.3 Å². The molecule has 0 spiro atoms. The normalized spacial score (nSPS) is 10.6. The predicted molar refractivity (Wildman–Crippen MR) is 96.9 cm³/mol. The SMILES string of the molecule is O=C(CCCOc1cccc2ccccc12)NCc1ccccc1F. The Morgan fingerprint density at radius 2 is 1.72 bits per heavy atom. The lowest BCUT2D eigenvalue weighted by Crippen LogP contribution is -2.23. The maximum absolute atomic E-state index is 13.5. The summed E-state index contributed by atoms with van der Waals surface area (Å²) in [5, 5.41) is 4.92. The fraction of sp³-hybridized carbons (Fsp3) is 0.190. The Labute approximate surface area is 146 Å². The van der Waals surface area contributed by atoms with Crippen LogP contribution in [0.1, 0.15) is 18.4 Å². The molecule has 0 saturated heterocycles. The van der Waals surface area contributed by atoms with Gasteiger partial charge in [0, 0.05) is 23.9 Å². The highest BCUT2D eigenvalue weighted by Gasteiger charge is 2.05. The lowest BCUT2D eigenvalue weighted by molar-refractivity contribution is -0.121. The summed E-state index contributed by atoms with van der Waals surface area (Å²) in [4.78, 5) is 11.9. The molecule has 1 N–H and O–H groups in total. The van der Waals surface area contributed by atoms with Gasteiger partial charge in [0.25, 0.3) is 0 Å². The molecule has 0 bridgehead atoms. The number of fused-ring (bicyclic) bond motifs is 1. The lowest BCUT2D eigenvalue weighted by Gasteiger charge is -2.10. The van der Waals surface area contributed by atoms with E-state index >= 15 is 0 Å². The van der Waals surface area contributed by atoms with Crippen LogP contribution in [0.4, 0.5) is 4.39 Å². The van der Waals surface area contributed by atoms with Crippen LogP contribution in [0.2, 0.25) is 0 Å². The van der Waals surface area contributed by atoms with Gasteiger partial charge in [0.2, 0.25) is 5.91 Å². The summed E-state index contributed by atoms with van der Waals surface area (Å²) in [5.74, 6) is 0.414. The molecule has 0 aliphatic rings. The van der Waals surface area contributed by atoms with Gasteiger partial charge in [-0.15, -0.1) is 0 Å². The molecule has 0 saturated carbocycles. The van der Waals surface area contributed by atoms with Gasteiger partial charge in [0.1, 0.15) is 11.6 Å². The number of amides is 1. The molecule has 0 aromatic heterocycles. The minimum atomic E-state index is -0.304. The van der Waals surface area contributed by atoms with Crippen molar-refractivity contribution in [3.8, 4) is 5.75 Å². The first-order valence-corrected chi connectivity index (χ1v) is 8.35. The number of hydrogen-bond acceptors (Lipinski definition) is 2. The third-order valence-corrected chi connectivity index (χ3v) is 3.99. The molecule has 3 aromatic carbocycles. The smallest absolute Gasteiger partial charge is 0.220 e. The van der Waals surface area contributed by atoms with Crippen LogP contribution in [0.5, 0.6) is 5.75 Å². The summed E-state index contributed by atoms with van der Waals surface area (Å²) in [7, 11) is 0. The minimum absolute atomic E-state index is 0.107. The zero-order chi connectivity index (χ0) is 17.5. The average molecular weight is 337 g/mol. The number of benzene rings is 3. The van der Waals surface area contributed by atoms with Crippen molar-refractivity contribution in [1.29, 1.82) is 0 Å². The molecule has 0 fully saturated rings. The molecular formula is C21H20FNO2. The Hall–Kier alpha value is -2.88. The van der Waals surface area contributed by atoms with Crippen molar-refractivity contribution in [2.75, 3.05) is 6.61 Å². The third-order valence-electron chi connectivity index (χ3n) is 3.99. The molecule has 0 heterocycles. The zero-order valence-electron chi connectivity index (χ0n) is 13.9. The molecular weight excluding hydrogens is 317 g/mol. The van der Waals surface area contributed by atoms with Crippen molar-refractivity contribution in [3.63, 3.8) is 0 Å².